The average molecular weight is 330 g/mol. The van der Waals surface area contributed by atoms with Gasteiger partial charge in [-0.1, -0.05) is 0 Å². The number of rotatable bonds is 2. The Kier molecular flexibility index (Phi) is 3.04. The Morgan fingerprint density at radius 3 is 2.04 bits per heavy atom. The number of fused-ring (bicyclic) bond motifs is 2. The van der Waals surface area contributed by atoms with Crippen LogP contribution in [0.3, 0.4) is 0 Å². The monoisotopic (exact) mass is 330 g/mol. The predicted octanol–water partition coefficient (Wildman–Crippen LogP) is 1.69. The number of phenolic OH excluding ortho intramolecular Hbond substituents is 2. The summed E-state index contributed by atoms with van der Waals surface area (Å²) in [5.41, 5.74) is -3.34. The predicted molar refractivity (Wildman–Crippen MR) is 76.4 cm³/mol. The van der Waals surface area contributed by atoms with Gasteiger partial charge in [0.05, 0.1) is 27.0 Å². The average Bonchev–Trinajstić information content (AvgIpc) is 2.51. The van der Waals surface area contributed by atoms with E-state index in [1.807, 2.05) is 0 Å². The van der Waals surface area contributed by atoms with Gasteiger partial charge in [-0.2, -0.15) is 0 Å². The van der Waals surface area contributed by atoms with E-state index in [0.717, 1.165) is 24.3 Å². The summed E-state index contributed by atoms with van der Waals surface area (Å²) in [5, 5.41) is 41.5. The zero-order valence-corrected chi connectivity index (χ0v) is 11.5. The number of nitro groups is 2. The lowest BCUT2D eigenvalue weighted by atomic mass is 9.82. The first-order chi connectivity index (χ1) is 11.2. The van der Waals surface area contributed by atoms with Crippen molar-refractivity contribution in [3.05, 3.63) is 66.7 Å². The Morgan fingerprint density at radius 2 is 1.46 bits per heavy atom. The first-order valence-electron chi connectivity index (χ1n) is 6.35. The molecule has 24 heavy (non-hydrogen) atoms. The van der Waals surface area contributed by atoms with Gasteiger partial charge in [-0.05, 0) is 6.07 Å². The lowest BCUT2D eigenvalue weighted by Crippen LogP contribution is -2.21. The van der Waals surface area contributed by atoms with Gasteiger partial charge in [0.2, 0.25) is 5.75 Å². The van der Waals surface area contributed by atoms with Gasteiger partial charge in [0.25, 0.3) is 5.69 Å². The van der Waals surface area contributed by atoms with Crippen molar-refractivity contribution in [2.75, 3.05) is 0 Å². The number of non-ortho nitro benzene ring substituents is 1. The molecule has 2 aromatic carbocycles. The number of nitrogens with zero attached hydrogens (tertiary/aromatic N) is 2. The van der Waals surface area contributed by atoms with Crippen molar-refractivity contribution in [2.45, 2.75) is 0 Å². The van der Waals surface area contributed by atoms with Crippen LogP contribution in [0.4, 0.5) is 11.4 Å². The summed E-state index contributed by atoms with van der Waals surface area (Å²) in [6, 6.07) is 3.33. The minimum absolute atomic E-state index is 0.334. The summed E-state index contributed by atoms with van der Waals surface area (Å²) in [4.78, 5) is 44.8. The zero-order chi connectivity index (χ0) is 17.8. The summed E-state index contributed by atoms with van der Waals surface area (Å²) in [5.74, 6) is -3.68. The molecule has 0 spiro atoms. The quantitative estimate of drug-likeness (QED) is 0.530. The molecule has 120 valence electrons. The van der Waals surface area contributed by atoms with Crippen LogP contribution in [0.5, 0.6) is 11.5 Å². The second-order valence-corrected chi connectivity index (χ2v) is 4.92. The molecule has 3 rings (SSSR count). The van der Waals surface area contributed by atoms with Crippen molar-refractivity contribution in [1.82, 2.24) is 0 Å². The van der Waals surface area contributed by atoms with Crippen LogP contribution in [0.2, 0.25) is 0 Å². The Hall–Kier alpha value is -3.82. The normalized spacial score (nSPS) is 12.5. The molecular weight excluding hydrogens is 324 g/mol. The van der Waals surface area contributed by atoms with Gasteiger partial charge in [-0.3, -0.25) is 29.8 Å². The third kappa shape index (κ3) is 1.90. The van der Waals surface area contributed by atoms with E-state index in [1.165, 1.54) is 0 Å². The van der Waals surface area contributed by atoms with Crippen molar-refractivity contribution in [1.29, 1.82) is 0 Å². The Labute approximate surface area is 131 Å². The highest BCUT2D eigenvalue weighted by molar-refractivity contribution is 6.30. The maximum absolute atomic E-state index is 12.5. The van der Waals surface area contributed by atoms with Gasteiger partial charge >= 0.3 is 5.69 Å². The number of nitro benzene ring substituents is 2. The fourth-order valence-electron chi connectivity index (χ4n) is 2.55. The van der Waals surface area contributed by atoms with E-state index >= 15 is 0 Å². The molecule has 0 atom stereocenters. The van der Waals surface area contributed by atoms with Gasteiger partial charge in [0.15, 0.2) is 11.6 Å². The standard InChI is InChI=1S/C14H6N2O8/c17-9-4-5(15(21)22)3-7-10(9)12(18)6-1-2-8(16(23)24)14(20)11(6)13(7)19/h1-4,17,20H. The van der Waals surface area contributed by atoms with E-state index < -0.39 is 61.0 Å². The number of ketones is 2. The van der Waals surface area contributed by atoms with E-state index in [2.05, 4.69) is 0 Å². The first kappa shape index (κ1) is 15.1. The van der Waals surface area contributed by atoms with Crippen molar-refractivity contribution in [3.63, 3.8) is 0 Å². The van der Waals surface area contributed by atoms with Crippen LogP contribution < -0.4 is 0 Å². The largest absolute Gasteiger partial charge is 0.507 e. The molecule has 0 saturated carbocycles. The van der Waals surface area contributed by atoms with E-state index in [9.17, 15) is 40.0 Å². The number of carbonyl (C=O) groups excluding carboxylic acids is 2. The molecule has 0 unspecified atom stereocenters. The highest BCUT2D eigenvalue weighted by atomic mass is 16.6. The molecule has 10 heteroatoms. The molecule has 0 fully saturated rings. The van der Waals surface area contributed by atoms with Gasteiger partial charge in [-0.25, -0.2) is 0 Å². The van der Waals surface area contributed by atoms with Crippen LogP contribution >= 0.6 is 0 Å². The third-order valence-corrected chi connectivity index (χ3v) is 3.61. The molecule has 0 amide bonds. The lowest BCUT2D eigenvalue weighted by Gasteiger charge is -2.18. The number of carbonyl (C=O) groups is 2. The van der Waals surface area contributed by atoms with Gasteiger partial charge in [0, 0.05) is 23.3 Å². The molecular formula is C14H6N2O8. The van der Waals surface area contributed by atoms with Gasteiger partial charge in [-0.15, -0.1) is 0 Å². The van der Waals surface area contributed by atoms with Crippen molar-refractivity contribution in [2.24, 2.45) is 0 Å². The molecule has 2 N–H and O–H groups in total. The Bertz CT molecular complexity index is 979. The van der Waals surface area contributed by atoms with Crippen LogP contribution in [0.15, 0.2) is 24.3 Å². The van der Waals surface area contributed by atoms with E-state index in [0.29, 0.717) is 0 Å². The molecule has 0 radical (unpaired) electrons. The highest BCUT2D eigenvalue weighted by Crippen LogP contribution is 2.41. The SMILES string of the molecule is O=C1c2ccc([N+](=O)[O-])c(O)c2C(=O)c2cc([N+](=O)[O-])cc(O)c21. The number of phenols is 2. The molecule has 1 aliphatic carbocycles. The number of benzene rings is 2. The van der Waals surface area contributed by atoms with Crippen molar-refractivity contribution < 1.29 is 29.6 Å². The Balaban J connectivity index is 2.35. The van der Waals surface area contributed by atoms with E-state index in [4.69, 9.17) is 0 Å². The van der Waals surface area contributed by atoms with Crippen LogP contribution in [0, 0.1) is 20.2 Å². The van der Waals surface area contributed by atoms with Crippen LogP contribution in [0.1, 0.15) is 31.8 Å². The molecule has 0 aromatic heterocycles. The zero-order valence-electron chi connectivity index (χ0n) is 11.5. The molecule has 0 saturated heterocycles. The third-order valence-electron chi connectivity index (χ3n) is 3.61. The second-order valence-electron chi connectivity index (χ2n) is 4.92. The highest BCUT2D eigenvalue weighted by Gasteiger charge is 2.38. The molecule has 0 heterocycles. The van der Waals surface area contributed by atoms with E-state index in [-0.39, 0.29) is 5.56 Å². The van der Waals surface area contributed by atoms with Crippen LogP contribution in [0.25, 0.3) is 0 Å². The fraction of sp³-hybridized carbons (Fsp3) is 0. The summed E-state index contributed by atoms with van der Waals surface area (Å²) in [6.07, 6.45) is 0. The molecule has 2 aromatic rings. The first-order valence-corrected chi connectivity index (χ1v) is 6.35. The molecule has 1 aliphatic rings. The van der Waals surface area contributed by atoms with Crippen LogP contribution in [-0.4, -0.2) is 31.6 Å². The number of aromatic hydroxyl groups is 2. The smallest absolute Gasteiger partial charge is 0.311 e. The summed E-state index contributed by atoms with van der Waals surface area (Å²) in [7, 11) is 0. The van der Waals surface area contributed by atoms with E-state index in [1.54, 1.807) is 0 Å². The maximum Gasteiger partial charge on any atom is 0.311 e. The second kappa shape index (κ2) is 4.84. The summed E-state index contributed by atoms with van der Waals surface area (Å²) in [6.45, 7) is 0. The fourth-order valence-corrected chi connectivity index (χ4v) is 2.55. The molecule has 0 bridgehead atoms. The van der Waals surface area contributed by atoms with Crippen molar-refractivity contribution in [3.8, 4) is 11.5 Å². The summed E-state index contributed by atoms with van der Waals surface area (Å²) >= 11 is 0. The maximum atomic E-state index is 12.5. The summed E-state index contributed by atoms with van der Waals surface area (Å²) < 4.78 is 0. The molecule has 10 nitrogen and oxygen atoms in total. The number of hydrogen-bond donors (Lipinski definition) is 2. The lowest BCUT2D eigenvalue weighted by molar-refractivity contribution is -0.385. The topological polar surface area (TPSA) is 161 Å². The van der Waals surface area contributed by atoms with Crippen LogP contribution in [-0.2, 0) is 0 Å². The minimum atomic E-state index is -1.03. The van der Waals surface area contributed by atoms with Gasteiger partial charge < -0.3 is 10.2 Å². The Morgan fingerprint density at radius 1 is 0.833 bits per heavy atom. The molecule has 0 aliphatic heterocycles. The van der Waals surface area contributed by atoms with Crippen molar-refractivity contribution >= 4 is 22.9 Å². The van der Waals surface area contributed by atoms with Gasteiger partial charge in [0.1, 0.15) is 5.75 Å². The minimum Gasteiger partial charge on any atom is -0.507 e. The number of hydrogen-bond acceptors (Lipinski definition) is 8.